The summed E-state index contributed by atoms with van der Waals surface area (Å²) in [6.07, 6.45) is 0. The summed E-state index contributed by atoms with van der Waals surface area (Å²) in [4.78, 5) is 4.64. The highest BCUT2D eigenvalue weighted by atomic mass is 32.2. The van der Waals surface area contributed by atoms with Crippen LogP contribution in [0, 0.1) is 5.82 Å². The second kappa shape index (κ2) is 5.05. The molecule has 1 heterocycles. The van der Waals surface area contributed by atoms with Gasteiger partial charge in [0, 0.05) is 10.6 Å². The van der Waals surface area contributed by atoms with E-state index < -0.39 is 16.6 Å². The van der Waals surface area contributed by atoms with Gasteiger partial charge in [-0.1, -0.05) is 6.07 Å². The topological polar surface area (TPSA) is 69.1 Å². The Morgan fingerprint density at radius 1 is 1.25 bits per heavy atom. The van der Waals surface area contributed by atoms with Crippen molar-refractivity contribution in [1.29, 1.82) is 0 Å². The minimum atomic E-state index is -1.40. The van der Waals surface area contributed by atoms with Crippen molar-refractivity contribution in [3.8, 4) is 0 Å². The van der Waals surface area contributed by atoms with Gasteiger partial charge in [-0.25, -0.2) is 9.37 Å². The van der Waals surface area contributed by atoms with Crippen LogP contribution in [0.25, 0.3) is 11.1 Å². The van der Waals surface area contributed by atoms with E-state index in [0.29, 0.717) is 27.6 Å². The van der Waals surface area contributed by atoms with Crippen LogP contribution in [0.5, 0.6) is 0 Å². The minimum Gasteiger partial charge on any atom is -0.440 e. The van der Waals surface area contributed by atoms with E-state index in [9.17, 15) is 8.60 Å². The van der Waals surface area contributed by atoms with Gasteiger partial charge >= 0.3 is 0 Å². The number of nitrogen functional groups attached to an aromatic ring is 1. The third kappa shape index (κ3) is 2.55. The van der Waals surface area contributed by atoms with Crippen molar-refractivity contribution in [3.05, 3.63) is 54.2 Å². The van der Waals surface area contributed by atoms with Crippen LogP contribution in [-0.4, -0.2) is 9.19 Å². The van der Waals surface area contributed by atoms with Crippen LogP contribution in [-0.2, 0) is 16.6 Å². The first-order valence-electron chi connectivity index (χ1n) is 5.91. The third-order valence-electron chi connectivity index (χ3n) is 2.77. The average Bonchev–Trinajstić information content (AvgIpc) is 2.80. The van der Waals surface area contributed by atoms with E-state index in [-0.39, 0.29) is 5.75 Å². The van der Waals surface area contributed by atoms with E-state index in [1.165, 1.54) is 18.2 Å². The Hall–Kier alpha value is -2.21. The molecule has 0 fully saturated rings. The Labute approximate surface area is 116 Å². The molecule has 0 saturated carbocycles. The highest BCUT2D eigenvalue weighted by Gasteiger charge is 2.12. The molecule has 1 unspecified atom stereocenters. The molecule has 1 aromatic heterocycles. The van der Waals surface area contributed by atoms with Crippen LogP contribution in [0.1, 0.15) is 5.89 Å². The number of nitrogens with zero attached hydrogens (tertiary/aromatic N) is 1. The molecule has 2 N–H and O–H groups in total. The van der Waals surface area contributed by atoms with Crippen molar-refractivity contribution in [3.63, 3.8) is 0 Å². The van der Waals surface area contributed by atoms with Gasteiger partial charge in [0.05, 0.1) is 10.8 Å². The first-order valence-corrected chi connectivity index (χ1v) is 7.22. The van der Waals surface area contributed by atoms with Crippen LogP contribution < -0.4 is 5.73 Å². The lowest BCUT2D eigenvalue weighted by atomic mass is 10.3. The Bertz CT molecular complexity index is 801. The molecule has 0 aliphatic heterocycles. The standard InChI is InChI=1S/C14H11FN2O2S/c15-9-2-1-3-11(6-9)20(18)8-14-17-12-7-10(16)4-5-13(12)19-14/h1-7H,8,16H2. The molecule has 20 heavy (non-hydrogen) atoms. The molecule has 3 aromatic rings. The Kier molecular flexibility index (Phi) is 3.23. The molecule has 1 atom stereocenters. The fourth-order valence-corrected chi connectivity index (χ4v) is 2.85. The lowest BCUT2D eigenvalue weighted by molar-refractivity contribution is 0.552. The van der Waals surface area contributed by atoms with Crippen LogP contribution in [0.4, 0.5) is 10.1 Å². The molecular weight excluding hydrogens is 279 g/mol. The number of benzene rings is 2. The fourth-order valence-electron chi connectivity index (χ4n) is 1.86. The SMILES string of the molecule is Nc1ccc2oc(CS(=O)c3cccc(F)c3)nc2c1. The number of fused-ring (bicyclic) bond motifs is 1. The van der Waals surface area contributed by atoms with Crippen molar-refractivity contribution < 1.29 is 13.0 Å². The summed E-state index contributed by atoms with van der Waals surface area (Å²) in [5.41, 5.74) is 7.46. The summed E-state index contributed by atoms with van der Waals surface area (Å²) in [5.74, 6) is 0.0206. The molecule has 0 aliphatic carbocycles. The average molecular weight is 290 g/mol. The molecule has 0 aliphatic rings. The molecule has 0 radical (unpaired) electrons. The first-order chi connectivity index (χ1) is 9.61. The predicted molar refractivity (Wildman–Crippen MR) is 74.9 cm³/mol. The monoisotopic (exact) mass is 290 g/mol. The van der Waals surface area contributed by atoms with E-state index in [1.807, 2.05) is 0 Å². The van der Waals surface area contributed by atoms with Crippen LogP contribution >= 0.6 is 0 Å². The number of halogens is 1. The number of rotatable bonds is 3. The van der Waals surface area contributed by atoms with Gasteiger partial charge in [0.1, 0.15) is 17.1 Å². The Morgan fingerprint density at radius 2 is 2.10 bits per heavy atom. The zero-order valence-electron chi connectivity index (χ0n) is 10.4. The number of anilines is 1. The molecule has 0 spiro atoms. The van der Waals surface area contributed by atoms with Gasteiger partial charge in [-0.3, -0.25) is 4.21 Å². The number of hydrogen-bond acceptors (Lipinski definition) is 4. The van der Waals surface area contributed by atoms with Gasteiger partial charge in [-0.2, -0.15) is 0 Å². The highest BCUT2D eigenvalue weighted by Crippen LogP contribution is 2.20. The predicted octanol–water partition coefficient (Wildman–Crippen LogP) is 2.86. The minimum absolute atomic E-state index is 0.0953. The van der Waals surface area contributed by atoms with Gasteiger partial charge in [-0.15, -0.1) is 0 Å². The number of aromatic nitrogens is 1. The molecule has 102 valence electrons. The number of hydrogen-bond donors (Lipinski definition) is 1. The van der Waals surface area contributed by atoms with Gasteiger partial charge in [0.25, 0.3) is 0 Å². The van der Waals surface area contributed by atoms with E-state index in [2.05, 4.69) is 4.98 Å². The van der Waals surface area contributed by atoms with E-state index in [0.717, 1.165) is 0 Å². The normalized spacial score (nSPS) is 12.7. The molecule has 2 aromatic carbocycles. The van der Waals surface area contributed by atoms with E-state index in [4.69, 9.17) is 10.2 Å². The Morgan fingerprint density at radius 3 is 2.90 bits per heavy atom. The lowest BCUT2D eigenvalue weighted by Gasteiger charge is -1.99. The van der Waals surface area contributed by atoms with Crippen LogP contribution in [0.3, 0.4) is 0 Å². The van der Waals surface area contributed by atoms with Crippen molar-refractivity contribution >= 4 is 27.6 Å². The van der Waals surface area contributed by atoms with Crippen molar-refractivity contribution in [2.45, 2.75) is 10.6 Å². The maximum absolute atomic E-state index is 13.1. The van der Waals surface area contributed by atoms with E-state index >= 15 is 0 Å². The summed E-state index contributed by atoms with van der Waals surface area (Å²) < 4.78 is 30.7. The number of oxazole rings is 1. The zero-order chi connectivity index (χ0) is 14.1. The summed E-state index contributed by atoms with van der Waals surface area (Å²) in [6.45, 7) is 0. The highest BCUT2D eigenvalue weighted by molar-refractivity contribution is 7.84. The molecule has 0 bridgehead atoms. The lowest BCUT2D eigenvalue weighted by Crippen LogP contribution is -1.97. The second-order valence-corrected chi connectivity index (χ2v) is 5.73. The molecular formula is C14H11FN2O2S. The molecule has 0 saturated heterocycles. The van der Waals surface area contributed by atoms with Crippen LogP contribution in [0.15, 0.2) is 51.8 Å². The van der Waals surface area contributed by atoms with Crippen molar-refractivity contribution in [1.82, 2.24) is 4.98 Å². The van der Waals surface area contributed by atoms with Crippen molar-refractivity contribution in [2.75, 3.05) is 5.73 Å². The maximum Gasteiger partial charge on any atom is 0.208 e. The van der Waals surface area contributed by atoms with Gasteiger partial charge in [0.2, 0.25) is 5.89 Å². The largest absolute Gasteiger partial charge is 0.440 e. The second-order valence-electron chi connectivity index (χ2n) is 4.28. The Balaban J connectivity index is 1.87. The molecule has 3 rings (SSSR count). The smallest absolute Gasteiger partial charge is 0.208 e. The zero-order valence-corrected chi connectivity index (χ0v) is 11.2. The van der Waals surface area contributed by atoms with E-state index in [1.54, 1.807) is 24.3 Å². The molecule has 0 amide bonds. The summed E-state index contributed by atoms with van der Waals surface area (Å²) in [5, 5.41) is 0. The summed E-state index contributed by atoms with van der Waals surface area (Å²) >= 11 is 0. The fraction of sp³-hybridized carbons (Fsp3) is 0.0714. The van der Waals surface area contributed by atoms with Gasteiger partial charge in [-0.05, 0) is 36.4 Å². The van der Waals surface area contributed by atoms with Gasteiger partial charge < -0.3 is 10.2 Å². The summed E-state index contributed by atoms with van der Waals surface area (Å²) in [6, 6.07) is 10.8. The van der Waals surface area contributed by atoms with Gasteiger partial charge in [0.15, 0.2) is 5.58 Å². The first kappa shape index (κ1) is 12.8. The number of nitrogens with two attached hydrogens (primary N) is 1. The quantitative estimate of drug-likeness (QED) is 0.753. The third-order valence-corrected chi connectivity index (χ3v) is 4.06. The summed E-state index contributed by atoms with van der Waals surface area (Å²) in [7, 11) is -1.40. The van der Waals surface area contributed by atoms with Crippen LogP contribution in [0.2, 0.25) is 0 Å². The molecule has 6 heteroatoms. The van der Waals surface area contributed by atoms with Crippen molar-refractivity contribution in [2.24, 2.45) is 0 Å². The maximum atomic E-state index is 13.1. The molecule has 4 nitrogen and oxygen atoms in total.